The summed E-state index contributed by atoms with van der Waals surface area (Å²) in [4.78, 5) is 38.1. The summed E-state index contributed by atoms with van der Waals surface area (Å²) in [6.07, 6.45) is 76.0. The molecular formula is C67H124O6. The molecule has 428 valence electrons. The topological polar surface area (TPSA) is 78.9 Å². The normalized spacial score (nSPS) is 12.2. The van der Waals surface area contributed by atoms with Crippen LogP contribution in [-0.2, 0) is 28.6 Å². The quantitative estimate of drug-likeness (QED) is 0.0261. The van der Waals surface area contributed by atoms with Crippen molar-refractivity contribution in [2.75, 3.05) is 13.2 Å². The van der Waals surface area contributed by atoms with E-state index in [1.165, 1.54) is 250 Å². The molecule has 0 fully saturated rings. The maximum Gasteiger partial charge on any atom is 0.306 e. The van der Waals surface area contributed by atoms with Crippen LogP contribution in [0.2, 0.25) is 0 Å². The Balaban J connectivity index is 4.10. The molecule has 0 aromatic rings. The molecule has 0 aromatic heterocycles. The Morgan fingerprint density at radius 2 is 0.493 bits per heavy atom. The first-order valence-corrected chi connectivity index (χ1v) is 32.5. The molecule has 6 heteroatoms. The number of carbonyl (C=O) groups excluding carboxylic acids is 3. The Morgan fingerprint density at radius 3 is 0.767 bits per heavy atom. The average molecular weight is 1030 g/mol. The van der Waals surface area contributed by atoms with E-state index in [2.05, 4.69) is 57.2 Å². The molecule has 0 amide bonds. The molecule has 0 saturated carbocycles. The van der Waals surface area contributed by atoms with E-state index in [0.717, 1.165) is 64.2 Å². The van der Waals surface area contributed by atoms with Gasteiger partial charge in [0.25, 0.3) is 0 Å². The second-order valence-electron chi connectivity index (χ2n) is 22.0. The van der Waals surface area contributed by atoms with Gasteiger partial charge in [0, 0.05) is 19.3 Å². The number of ether oxygens (including phenoxy) is 3. The highest BCUT2D eigenvalue weighted by Crippen LogP contribution is 2.17. The van der Waals surface area contributed by atoms with E-state index in [1.54, 1.807) is 0 Å². The van der Waals surface area contributed by atoms with Gasteiger partial charge in [-0.1, -0.05) is 295 Å². The highest BCUT2D eigenvalue weighted by Gasteiger charge is 2.19. The van der Waals surface area contributed by atoms with Crippen molar-refractivity contribution >= 4 is 17.9 Å². The zero-order chi connectivity index (χ0) is 52.9. The number of hydrogen-bond donors (Lipinski definition) is 0. The minimum atomic E-state index is -0.770. The Hall–Kier alpha value is -2.37. The molecule has 6 nitrogen and oxygen atoms in total. The van der Waals surface area contributed by atoms with Crippen LogP contribution < -0.4 is 0 Å². The standard InChI is InChI=1S/C67H124O6/c1-4-7-10-13-16-19-21-23-25-27-28-29-30-31-32-33-34-35-36-37-38-40-41-43-45-48-51-54-57-60-66(69)72-63-64(62-71-65(68)59-56-53-50-47-18-15-12-9-6-3)73-67(70)61-58-55-52-49-46-44-42-39-26-24-22-20-17-14-11-8-5-2/h21,23-24,26-28,64H,4-20,22,25,29-63H2,1-3H3/b23-21-,26-24-,28-27-. The third-order valence-electron chi connectivity index (χ3n) is 14.6. The number of unbranched alkanes of at least 4 members (excludes halogenated alkanes) is 43. The van der Waals surface area contributed by atoms with E-state index in [4.69, 9.17) is 14.2 Å². The van der Waals surface area contributed by atoms with Crippen LogP contribution in [0.5, 0.6) is 0 Å². The lowest BCUT2D eigenvalue weighted by Crippen LogP contribution is -2.30. The summed E-state index contributed by atoms with van der Waals surface area (Å²) in [5, 5.41) is 0. The van der Waals surface area contributed by atoms with E-state index in [1.807, 2.05) is 0 Å². The maximum absolute atomic E-state index is 12.9. The van der Waals surface area contributed by atoms with Gasteiger partial charge >= 0.3 is 17.9 Å². The first kappa shape index (κ1) is 70.6. The second-order valence-corrected chi connectivity index (χ2v) is 22.0. The molecule has 0 radical (unpaired) electrons. The molecule has 0 bridgehead atoms. The Morgan fingerprint density at radius 1 is 0.274 bits per heavy atom. The fourth-order valence-electron chi connectivity index (χ4n) is 9.71. The van der Waals surface area contributed by atoms with Crippen molar-refractivity contribution in [1.82, 2.24) is 0 Å². The maximum atomic E-state index is 12.9. The van der Waals surface area contributed by atoms with Crippen LogP contribution in [0.1, 0.15) is 355 Å². The Bertz CT molecular complexity index is 1220. The third kappa shape index (κ3) is 60.4. The molecule has 0 spiro atoms. The van der Waals surface area contributed by atoms with Gasteiger partial charge < -0.3 is 14.2 Å². The molecule has 0 aliphatic rings. The van der Waals surface area contributed by atoms with Crippen LogP contribution in [0.4, 0.5) is 0 Å². The lowest BCUT2D eigenvalue weighted by Gasteiger charge is -2.18. The predicted molar refractivity (Wildman–Crippen MR) is 316 cm³/mol. The van der Waals surface area contributed by atoms with Gasteiger partial charge in [-0.15, -0.1) is 0 Å². The number of esters is 3. The van der Waals surface area contributed by atoms with Crippen molar-refractivity contribution in [2.24, 2.45) is 0 Å². The monoisotopic (exact) mass is 1020 g/mol. The van der Waals surface area contributed by atoms with Crippen LogP contribution in [0.25, 0.3) is 0 Å². The molecule has 1 unspecified atom stereocenters. The average Bonchev–Trinajstić information content (AvgIpc) is 3.39. The summed E-state index contributed by atoms with van der Waals surface area (Å²) < 4.78 is 16.9. The van der Waals surface area contributed by atoms with E-state index in [0.29, 0.717) is 19.3 Å². The molecule has 0 aliphatic carbocycles. The van der Waals surface area contributed by atoms with E-state index in [-0.39, 0.29) is 31.1 Å². The van der Waals surface area contributed by atoms with Crippen molar-refractivity contribution in [3.63, 3.8) is 0 Å². The smallest absolute Gasteiger partial charge is 0.306 e. The van der Waals surface area contributed by atoms with Crippen molar-refractivity contribution in [3.05, 3.63) is 36.5 Å². The molecule has 0 N–H and O–H groups in total. The fraction of sp³-hybridized carbons (Fsp3) is 0.866. The van der Waals surface area contributed by atoms with Crippen LogP contribution in [0.3, 0.4) is 0 Å². The van der Waals surface area contributed by atoms with Crippen molar-refractivity contribution < 1.29 is 28.6 Å². The Kier molecular flexibility index (Phi) is 60.2. The summed E-state index contributed by atoms with van der Waals surface area (Å²) in [7, 11) is 0. The van der Waals surface area contributed by atoms with Gasteiger partial charge in [0.15, 0.2) is 6.10 Å². The molecule has 73 heavy (non-hydrogen) atoms. The van der Waals surface area contributed by atoms with Crippen molar-refractivity contribution in [3.8, 4) is 0 Å². The van der Waals surface area contributed by atoms with Crippen LogP contribution in [0, 0.1) is 0 Å². The lowest BCUT2D eigenvalue weighted by molar-refractivity contribution is -0.167. The van der Waals surface area contributed by atoms with Gasteiger partial charge in [-0.3, -0.25) is 14.4 Å². The summed E-state index contributed by atoms with van der Waals surface area (Å²) in [6, 6.07) is 0. The minimum Gasteiger partial charge on any atom is -0.462 e. The van der Waals surface area contributed by atoms with E-state index in [9.17, 15) is 14.4 Å². The largest absolute Gasteiger partial charge is 0.462 e. The van der Waals surface area contributed by atoms with Crippen LogP contribution >= 0.6 is 0 Å². The molecule has 1 atom stereocenters. The summed E-state index contributed by atoms with van der Waals surface area (Å²) in [5.74, 6) is -0.855. The van der Waals surface area contributed by atoms with Gasteiger partial charge in [-0.2, -0.15) is 0 Å². The summed E-state index contributed by atoms with van der Waals surface area (Å²) in [5.41, 5.74) is 0. The predicted octanol–water partition coefficient (Wildman–Crippen LogP) is 22.0. The zero-order valence-electron chi connectivity index (χ0n) is 49.2. The molecule has 0 rings (SSSR count). The summed E-state index contributed by atoms with van der Waals surface area (Å²) >= 11 is 0. The van der Waals surface area contributed by atoms with Gasteiger partial charge in [-0.25, -0.2) is 0 Å². The summed E-state index contributed by atoms with van der Waals surface area (Å²) in [6.45, 7) is 6.65. The zero-order valence-corrected chi connectivity index (χ0v) is 49.2. The fourth-order valence-corrected chi connectivity index (χ4v) is 9.71. The number of hydrogen-bond acceptors (Lipinski definition) is 6. The van der Waals surface area contributed by atoms with Gasteiger partial charge in [-0.05, 0) is 77.0 Å². The minimum absolute atomic E-state index is 0.0690. The first-order chi connectivity index (χ1) is 36.0. The molecule has 0 aliphatic heterocycles. The highest BCUT2D eigenvalue weighted by molar-refractivity contribution is 5.71. The number of allylic oxidation sites excluding steroid dienone is 6. The molecule has 0 saturated heterocycles. The molecule has 0 heterocycles. The van der Waals surface area contributed by atoms with Crippen molar-refractivity contribution in [2.45, 2.75) is 361 Å². The second kappa shape index (κ2) is 62.2. The molecular weight excluding hydrogens is 901 g/mol. The van der Waals surface area contributed by atoms with Crippen LogP contribution in [0.15, 0.2) is 36.5 Å². The SMILES string of the molecule is CCCCCCC/C=C\C/C=C\CCCCCCCCCCCCCCCCCCCC(=O)OCC(COC(=O)CCCCCCCCCCC)OC(=O)CCCCCCCCC/C=C\CCCCCCCC. The van der Waals surface area contributed by atoms with Gasteiger partial charge in [0.2, 0.25) is 0 Å². The first-order valence-electron chi connectivity index (χ1n) is 32.5. The lowest BCUT2D eigenvalue weighted by atomic mass is 10.0. The van der Waals surface area contributed by atoms with Gasteiger partial charge in [0.05, 0.1) is 0 Å². The molecule has 0 aromatic carbocycles. The van der Waals surface area contributed by atoms with Gasteiger partial charge in [0.1, 0.15) is 13.2 Å². The van der Waals surface area contributed by atoms with E-state index < -0.39 is 6.10 Å². The third-order valence-corrected chi connectivity index (χ3v) is 14.6. The van der Waals surface area contributed by atoms with E-state index >= 15 is 0 Å². The Labute approximate surface area is 455 Å². The number of rotatable bonds is 60. The number of carbonyl (C=O) groups is 3. The van der Waals surface area contributed by atoms with Crippen molar-refractivity contribution in [1.29, 1.82) is 0 Å². The highest BCUT2D eigenvalue weighted by atomic mass is 16.6. The van der Waals surface area contributed by atoms with Crippen LogP contribution in [-0.4, -0.2) is 37.2 Å².